The lowest BCUT2D eigenvalue weighted by Gasteiger charge is -2.30. The van der Waals surface area contributed by atoms with Gasteiger partial charge in [0, 0.05) is 22.7 Å². The Balaban J connectivity index is 1.51. The molecule has 1 saturated heterocycles. The van der Waals surface area contributed by atoms with Crippen molar-refractivity contribution in [1.29, 1.82) is 0 Å². The molecule has 0 aliphatic carbocycles. The first kappa shape index (κ1) is 17.7. The van der Waals surface area contributed by atoms with Gasteiger partial charge in [-0.1, -0.05) is 29.8 Å². The number of halogens is 1. The molecule has 0 spiro atoms. The smallest absolute Gasteiger partial charge is 0.269 e. The standard InChI is InChI=1S/C18H19ClN2O4/c19-18-4-2-1-3-14(18)11-20-9-10-24-17(12-20)13-25-16-7-5-15(6-8-16)21(22)23/h1-8,17H,9-13H2/p+1/t17-/m0/s1. The molecule has 3 rings (SSSR count). The van der Waals surface area contributed by atoms with Gasteiger partial charge in [0.2, 0.25) is 0 Å². The molecule has 1 aliphatic heterocycles. The maximum Gasteiger partial charge on any atom is 0.269 e. The van der Waals surface area contributed by atoms with Crippen LogP contribution in [0.5, 0.6) is 5.75 Å². The number of quaternary nitrogens is 1. The molecule has 132 valence electrons. The highest BCUT2D eigenvalue weighted by molar-refractivity contribution is 6.31. The van der Waals surface area contributed by atoms with Crippen LogP contribution < -0.4 is 9.64 Å². The SMILES string of the molecule is O=[N+]([O-])c1ccc(OC[C@@H]2C[NH+](Cc3ccccc3Cl)CCO2)cc1. The zero-order chi connectivity index (χ0) is 17.6. The average molecular weight is 364 g/mol. The molecule has 2 atom stereocenters. The molecule has 0 radical (unpaired) electrons. The van der Waals surface area contributed by atoms with E-state index in [0.717, 1.165) is 30.2 Å². The first-order valence-electron chi connectivity index (χ1n) is 8.17. The Hall–Kier alpha value is -2.15. The van der Waals surface area contributed by atoms with E-state index < -0.39 is 4.92 Å². The van der Waals surface area contributed by atoms with Gasteiger partial charge in [-0.05, 0) is 18.2 Å². The van der Waals surface area contributed by atoms with Gasteiger partial charge < -0.3 is 14.4 Å². The summed E-state index contributed by atoms with van der Waals surface area (Å²) in [5, 5.41) is 11.5. The molecule has 6 nitrogen and oxygen atoms in total. The Kier molecular flexibility index (Phi) is 5.86. The number of rotatable bonds is 6. The highest BCUT2D eigenvalue weighted by Gasteiger charge is 2.25. The van der Waals surface area contributed by atoms with E-state index in [1.54, 1.807) is 12.1 Å². The molecule has 0 bridgehead atoms. The predicted molar refractivity (Wildman–Crippen MR) is 94.2 cm³/mol. The van der Waals surface area contributed by atoms with Gasteiger partial charge in [0.05, 0.1) is 11.5 Å². The van der Waals surface area contributed by atoms with Crippen molar-refractivity contribution in [2.45, 2.75) is 12.6 Å². The minimum atomic E-state index is -0.427. The molecule has 1 fully saturated rings. The summed E-state index contributed by atoms with van der Waals surface area (Å²) in [5.41, 5.74) is 1.19. The second-order valence-electron chi connectivity index (χ2n) is 6.03. The second-order valence-corrected chi connectivity index (χ2v) is 6.43. The molecule has 2 aromatic rings. The van der Waals surface area contributed by atoms with Gasteiger partial charge in [0.1, 0.15) is 38.1 Å². The lowest BCUT2D eigenvalue weighted by atomic mass is 10.2. The van der Waals surface area contributed by atoms with Gasteiger partial charge in [-0.25, -0.2) is 0 Å². The van der Waals surface area contributed by atoms with Crippen LogP contribution in [0, 0.1) is 10.1 Å². The Morgan fingerprint density at radius 2 is 2.00 bits per heavy atom. The van der Waals surface area contributed by atoms with E-state index in [-0.39, 0.29) is 11.8 Å². The van der Waals surface area contributed by atoms with E-state index in [2.05, 4.69) is 0 Å². The van der Waals surface area contributed by atoms with Crippen LogP contribution >= 0.6 is 11.6 Å². The van der Waals surface area contributed by atoms with Crippen molar-refractivity contribution in [3.8, 4) is 5.75 Å². The fraction of sp³-hybridized carbons (Fsp3) is 0.333. The highest BCUT2D eigenvalue weighted by Crippen LogP contribution is 2.18. The first-order valence-corrected chi connectivity index (χ1v) is 8.55. The van der Waals surface area contributed by atoms with Gasteiger partial charge in [0.25, 0.3) is 5.69 Å². The summed E-state index contributed by atoms with van der Waals surface area (Å²) in [6.07, 6.45) is -0.0126. The largest absolute Gasteiger partial charge is 0.491 e. The number of nitro groups is 1. The molecule has 25 heavy (non-hydrogen) atoms. The molecule has 2 aromatic carbocycles. The minimum Gasteiger partial charge on any atom is -0.491 e. The van der Waals surface area contributed by atoms with Crippen molar-refractivity contribution in [1.82, 2.24) is 0 Å². The van der Waals surface area contributed by atoms with Gasteiger partial charge in [-0.15, -0.1) is 0 Å². The molecule has 0 saturated carbocycles. The number of ether oxygens (including phenoxy) is 2. The number of benzene rings is 2. The molecule has 1 N–H and O–H groups in total. The number of morpholine rings is 1. The van der Waals surface area contributed by atoms with Crippen LogP contribution in [0.1, 0.15) is 5.56 Å². The highest BCUT2D eigenvalue weighted by atomic mass is 35.5. The summed E-state index contributed by atoms with van der Waals surface area (Å²) in [4.78, 5) is 11.6. The Morgan fingerprint density at radius 1 is 1.24 bits per heavy atom. The maximum absolute atomic E-state index is 10.7. The number of nitro benzene ring substituents is 1. The minimum absolute atomic E-state index is 0.0126. The molecular formula is C18H20ClN2O4+. The third kappa shape index (κ3) is 4.92. The van der Waals surface area contributed by atoms with E-state index in [9.17, 15) is 10.1 Å². The van der Waals surface area contributed by atoms with Gasteiger partial charge in [-0.2, -0.15) is 0 Å². The number of nitrogens with zero attached hydrogens (tertiary/aromatic N) is 1. The number of nitrogens with one attached hydrogen (secondary N) is 1. The fourth-order valence-electron chi connectivity index (χ4n) is 2.88. The van der Waals surface area contributed by atoms with E-state index in [0.29, 0.717) is 19.0 Å². The topological polar surface area (TPSA) is 66.0 Å². The van der Waals surface area contributed by atoms with Crippen LogP contribution in [0.15, 0.2) is 48.5 Å². The predicted octanol–water partition coefficient (Wildman–Crippen LogP) is 2.11. The molecule has 1 aliphatic rings. The number of non-ortho nitro benzene ring substituents is 1. The summed E-state index contributed by atoms with van der Waals surface area (Å²) in [6.45, 7) is 3.71. The van der Waals surface area contributed by atoms with Crippen LogP contribution in [0.3, 0.4) is 0 Å². The fourth-order valence-corrected chi connectivity index (χ4v) is 3.09. The van der Waals surface area contributed by atoms with Crippen LogP contribution in [0.2, 0.25) is 5.02 Å². The Labute approximate surface area is 151 Å². The van der Waals surface area contributed by atoms with Crippen molar-refractivity contribution in [2.24, 2.45) is 0 Å². The van der Waals surface area contributed by atoms with E-state index >= 15 is 0 Å². The van der Waals surface area contributed by atoms with Crippen molar-refractivity contribution < 1.29 is 19.3 Å². The molecule has 0 aromatic heterocycles. The van der Waals surface area contributed by atoms with Crippen molar-refractivity contribution in [2.75, 3.05) is 26.3 Å². The molecule has 0 amide bonds. The van der Waals surface area contributed by atoms with Crippen LogP contribution in [0.25, 0.3) is 0 Å². The van der Waals surface area contributed by atoms with Gasteiger partial charge in [-0.3, -0.25) is 10.1 Å². The first-order chi connectivity index (χ1) is 12.1. The molecule has 1 heterocycles. The van der Waals surface area contributed by atoms with Crippen molar-refractivity contribution in [3.05, 3.63) is 69.2 Å². The Morgan fingerprint density at radius 3 is 2.72 bits per heavy atom. The third-order valence-electron chi connectivity index (χ3n) is 4.21. The third-order valence-corrected chi connectivity index (χ3v) is 4.58. The normalized spacial score (nSPS) is 20.2. The summed E-state index contributed by atoms with van der Waals surface area (Å²) in [7, 11) is 0. The number of hydrogen-bond acceptors (Lipinski definition) is 4. The second kappa shape index (κ2) is 8.29. The van der Waals surface area contributed by atoms with Crippen LogP contribution in [-0.4, -0.2) is 37.3 Å². The van der Waals surface area contributed by atoms with Crippen LogP contribution in [0.4, 0.5) is 5.69 Å². The number of hydrogen-bond donors (Lipinski definition) is 1. The average Bonchev–Trinajstić information content (AvgIpc) is 2.63. The maximum atomic E-state index is 10.7. The lowest BCUT2D eigenvalue weighted by molar-refractivity contribution is -0.925. The van der Waals surface area contributed by atoms with Gasteiger partial charge in [0.15, 0.2) is 0 Å². The zero-order valence-electron chi connectivity index (χ0n) is 13.7. The van der Waals surface area contributed by atoms with E-state index in [1.165, 1.54) is 17.0 Å². The van der Waals surface area contributed by atoms with E-state index in [4.69, 9.17) is 21.1 Å². The van der Waals surface area contributed by atoms with E-state index in [1.807, 2.05) is 24.3 Å². The van der Waals surface area contributed by atoms with Gasteiger partial charge >= 0.3 is 0 Å². The summed E-state index contributed by atoms with van der Waals surface area (Å²) >= 11 is 6.24. The zero-order valence-corrected chi connectivity index (χ0v) is 14.4. The monoisotopic (exact) mass is 363 g/mol. The molecule has 7 heteroatoms. The van der Waals surface area contributed by atoms with Crippen molar-refractivity contribution in [3.63, 3.8) is 0 Å². The lowest BCUT2D eigenvalue weighted by Crippen LogP contribution is -3.13. The van der Waals surface area contributed by atoms with Crippen LogP contribution in [-0.2, 0) is 11.3 Å². The summed E-state index contributed by atoms with van der Waals surface area (Å²) < 4.78 is 11.5. The summed E-state index contributed by atoms with van der Waals surface area (Å²) in [5.74, 6) is 0.604. The Bertz CT molecular complexity index is 723. The molecular weight excluding hydrogens is 344 g/mol. The molecule has 1 unspecified atom stereocenters. The van der Waals surface area contributed by atoms with Crippen molar-refractivity contribution >= 4 is 17.3 Å². The summed E-state index contributed by atoms with van der Waals surface area (Å²) in [6, 6.07) is 14.0. The quantitative estimate of drug-likeness (QED) is 0.630.